The standard InChI is InChI=1S/C20H24N4/c1-3-7-16(8-4-1)13-22-19-11-12-21-20-18(19)14-23-24(20)15-17-9-5-2-6-10-17/h2,5-6,9-12,14,16H,1,3-4,7-8,13,15H2,(H,21,22). The fourth-order valence-corrected chi connectivity index (χ4v) is 3.65. The van der Waals surface area contributed by atoms with Gasteiger partial charge in [-0.15, -0.1) is 0 Å². The first-order valence-corrected chi connectivity index (χ1v) is 8.98. The third-order valence-electron chi connectivity index (χ3n) is 5.02. The number of hydrogen-bond donors (Lipinski definition) is 1. The Morgan fingerprint density at radius 1 is 1.04 bits per heavy atom. The summed E-state index contributed by atoms with van der Waals surface area (Å²) in [6.45, 7) is 1.81. The quantitative estimate of drug-likeness (QED) is 0.754. The molecule has 0 unspecified atom stereocenters. The van der Waals surface area contributed by atoms with Crippen LogP contribution in [0.3, 0.4) is 0 Å². The maximum Gasteiger partial charge on any atom is 0.160 e. The smallest absolute Gasteiger partial charge is 0.160 e. The van der Waals surface area contributed by atoms with Gasteiger partial charge in [-0.2, -0.15) is 5.10 Å². The predicted octanol–water partition coefficient (Wildman–Crippen LogP) is 4.47. The van der Waals surface area contributed by atoms with E-state index in [0.717, 1.165) is 35.7 Å². The topological polar surface area (TPSA) is 42.7 Å². The average molecular weight is 320 g/mol. The number of pyridine rings is 1. The van der Waals surface area contributed by atoms with Crippen molar-refractivity contribution in [3.05, 3.63) is 54.4 Å². The highest BCUT2D eigenvalue weighted by Gasteiger charge is 2.14. The summed E-state index contributed by atoms with van der Waals surface area (Å²) in [5, 5.41) is 9.32. The largest absolute Gasteiger partial charge is 0.384 e. The Morgan fingerprint density at radius 3 is 2.71 bits per heavy atom. The first-order valence-electron chi connectivity index (χ1n) is 8.98. The molecule has 0 bridgehead atoms. The van der Waals surface area contributed by atoms with Crippen molar-refractivity contribution in [2.75, 3.05) is 11.9 Å². The molecule has 2 heterocycles. The molecule has 24 heavy (non-hydrogen) atoms. The van der Waals surface area contributed by atoms with Crippen molar-refractivity contribution in [1.29, 1.82) is 0 Å². The number of rotatable bonds is 5. The first-order chi connectivity index (χ1) is 11.9. The maximum absolute atomic E-state index is 4.56. The normalized spacial score (nSPS) is 15.7. The van der Waals surface area contributed by atoms with Crippen molar-refractivity contribution in [3.8, 4) is 0 Å². The highest BCUT2D eigenvalue weighted by molar-refractivity contribution is 5.88. The molecule has 2 aromatic heterocycles. The molecular formula is C20H24N4. The van der Waals surface area contributed by atoms with Crippen LogP contribution < -0.4 is 5.32 Å². The van der Waals surface area contributed by atoms with Gasteiger partial charge in [0.15, 0.2) is 5.65 Å². The summed E-state index contributed by atoms with van der Waals surface area (Å²) >= 11 is 0. The molecule has 1 fully saturated rings. The van der Waals surface area contributed by atoms with E-state index in [1.54, 1.807) is 0 Å². The fraction of sp³-hybridized carbons (Fsp3) is 0.400. The van der Waals surface area contributed by atoms with Crippen LogP contribution in [0, 0.1) is 5.92 Å². The van der Waals surface area contributed by atoms with Gasteiger partial charge in [0.25, 0.3) is 0 Å². The minimum atomic E-state index is 0.753. The Labute approximate surface area is 142 Å². The van der Waals surface area contributed by atoms with E-state index in [4.69, 9.17) is 0 Å². The van der Waals surface area contributed by atoms with Crippen LogP contribution in [-0.4, -0.2) is 21.3 Å². The Morgan fingerprint density at radius 2 is 1.88 bits per heavy atom. The fourth-order valence-electron chi connectivity index (χ4n) is 3.65. The van der Waals surface area contributed by atoms with Crippen molar-refractivity contribution < 1.29 is 0 Å². The molecule has 124 valence electrons. The third kappa shape index (κ3) is 3.28. The minimum Gasteiger partial charge on any atom is -0.384 e. The summed E-state index contributed by atoms with van der Waals surface area (Å²) in [7, 11) is 0. The Hall–Kier alpha value is -2.36. The van der Waals surface area contributed by atoms with Crippen LogP contribution >= 0.6 is 0 Å². The second kappa shape index (κ2) is 7.04. The molecule has 3 aromatic rings. The lowest BCUT2D eigenvalue weighted by Crippen LogP contribution is -2.17. The molecule has 0 spiro atoms. The molecule has 0 aliphatic heterocycles. The molecule has 1 aliphatic rings. The van der Waals surface area contributed by atoms with Gasteiger partial charge in [0.1, 0.15) is 0 Å². The number of fused-ring (bicyclic) bond motifs is 1. The number of benzene rings is 1. The van der Waals surface area contributed by atoms with Crippen LogP contribution in [-0.2, 0) is 6.54 Å². The molecule has 0 atom stereocenters. The zero-order chi connectivity index (χ0) is 16.2. The number of nitrogens with one attached hydrogen (secondary N) is 1. The zero-order valence-corrected chi connectivity index (χ0v) is 14.0. The molecule has 0 radical (unpaired) electrons. The average Bonchev–Trinajstić information content (AvgIpc) is 3.05. The molecule has 0 amide bonds. The summed E-state index contributed by atoms with van der Waals surface area (Å²) < 4.78 is 1.98. The van der Waals surface area contributed by atoms with E-state index in [2.05, 4.69) is 45.7 Å². The van der Waals surface area contributed by atoms with Gasteiger partial charge in [-0.05, 0) is 30.4 Å². The molecule has 1 aliphatic carbocycles. The predicted molar refractivity (Wildman–Crippen MR) is 98.1 cm³/mol. The number of anilines is 1. The van der Waals surface area contributed by atoms with Crippen molar-refractivity contribution >= 4 is 16.7 Å². The van der Waals surface area contributed by atoms with Gasteiger partial charge in [-0.25, -0.2) is 9.67 Å². The van der Waals surface area contributed by atoms with Crippen molar-refractivity contribution in [3.63, 3.8) is 0 Å². The monoisotopic (exact) mass is 320 g/mol. The Kier molecular flexibility index (Phi) is 4.45. The van der Waals surface area contributed by atoms with E-state index in [9.17, 15) is 0 Å². The van der Waals surface area contributed by atoms with Gasteiger partial charge in [0.05, 0.1) is 18.1 Å². The second-order valence-corrected chi connectivity index (χ2v) is 6.77. The van der Waals surface area contributed by atoms with E-state index in [1.165, 1.54) is 37.7 Å². The number of aromatic nitrogens is 3. The van der Waals surface area contributed by atoms with Crippen LogP contribution in [0.1, 0.15) is 37.7 Å². The molecule has 0 saturated heterocycles. The van der Waals surface area contributed by atoms with E-state index < -0.39 is 0 Å². The molecule has 4 rings (SSSR count). The summed E-state index contributed by atoms with van der Waals surface area (Å²) in [4.78, 5) is 4.55. The molecule has 4 heteroatoms. The van der Waals surface area contributed by atoms with Gasteiger partial charge in [0.2, 0.25) is 0 Å². The van der Waals surface area contributed by atoms with Gasteiger partial charge in [-0.1, -0.05) is 49.6 Å². The maximum atomic E-state index is 4.56. The highest BCUT2D eigenvalue weighted by Crippen LogP contribution is 2.26. The summed E-state index contributed by atoms with van der Waals surface area (Å²) in [5.74, 6) is 0.807. The summed E-state index contributed by atoms with van der Waals surface area (Å²) in [5.41, 5.74) is 3.35. The molecule has 1 aromatic carbocycles. The van der Waals surface area contributed by atoms with Gasteiger partial charge in [0, 0.05) is 18.4 Å². The lowest BCUT2D eigenvalue weighted by Gasteiger charge is -2.22. The minimum absolute atomic E-state index is 0.753. The van der Waals surface area contributed by atoms with Gasteiger partial charge in [-0.3, -0.25) is 0 Å². The third-order valence-corrected chi connectivity index (χ3v) is 5.02. The van der Waals surface area contributed by atoms with Crippen LogP contribution in [0.5, 0.6) is 0 Å². The van der Waals surface area contributed by atoms with Crippen LogP contribution in [0.2, 0.25) is 0 Å². The highest BCUT2D eigenvalue weighted by atomic mass is 15.3. The first kappa shape index (κ1) is 15.2. The van der Waals surface area contributed by atoms with Crippen molar-refractivity contribution in [1.82, 2.24) is 14.8 Å². The second-order valence-electron chi connectivity index (χ2n) is 6.77. The van der Waals surface area contributed by atoms with Crippen molar-refractivity contribution in [2.45, 2.75) is 38.6 Å². The zero-order valence-electron chi connectivity index (χ0n) is 14.0. The molecule has 4 nitrogen and oxygen atoms in total. The Bertz CT molecular complexity index is 788. The van der Waals surface area contributed by atoms with Crippen LogP contribution in [0.15, 0.2) is 48.8 Å². The molecule has 1 N–H and O–H groups in total. The lowest BCUT2D eigenvalue weighted by atomic mass is 9.89. The SMILES string of the molecule is c1ccc(Cn2ncc3c(NCC4CCCCC4)ccnc32)cc1. The van der Waals surface area contributed by atoms with E-state index in [0.29, 0.717) is 0 Å². The molecular weight excluding hydrogens is 296 g/mol. The lowest BCUT2D eigenvalue weighted by molar-refractivity contribution is 0.373. The van der Waals surface area contributed by atoms with Crippen LogP contribution in [0.4, 0.5) is 5.69 Å². The number of hydrogen-bond acceptors (Lipinski definition) is 3. The van der Waals surface area contributed by atoms with Crippen molar-refractivity contribution in [2.24, 2.45) is 5.92 Å². The van der Waals surface area contributed by atoms with E-state index in [-0.39, 0.29) is 0 Å². The summed E-state index contributed by atoms with van der Waals surface area (Å²) in [6, 6.07) is 12.5. The van der Waals surface area contributed by atoms with Crippen LogP contribution in [0.25, 0.3) is 11.0 Å². The number of nitrogens with zero attached hydrogens (tertiary/aromatic N) is 3. The van der Waals surface area contributed by atoms with E-state index >= 15 is 0 Å². The molecule has 1 saturated carbocycles. The van der Waals surface area contributed by atoms with Gasteiger partial charge >= 0.3 is 0 Å². The van der Waals surface area contributed by atoms with Gasteiger partial charge < -0.3 is 5.32 Å². The van der Waals surface area contributed by atoms with E-state index in [1.807, 2.05) is 23.1 Å². The Balaban J connectivity index is 1.52. The summed E-state index contributed by atoms with van der Waals surface area (Å²) in [6.07, 6.45) is 10.7.